The third-order valence-electron chi connectivity index (χ3n) is 2.94. The number of nitrogens with two attached hydrogens (primary N) is 1. The van der Waals surface area contributed by atoms with Gasteiger partial charge in [0.1, 0.15) is 0 Å². The summed E-state index contributed by atoms with van der Waals surface area (Å²) in [5, 5.41) is 4.96. The summed E-state index contributed by atoms with van der Waals surface area (Å²) in [7, 11) is 0. The minimum atomic E-state index is 0. The molecule has 0 radical (unpaired) electrons. The molecule has 1 saturated carbocycles. The molecule has 1 aliphatic carbocycles. The topological polar surface area (TPSA) is 61.3 Å². The van der Waals surface area contributed by atoms with E-state index in [1.54, 1.807) is 18.2 Å². The lowest BCUT2D eigenvalue weighted by atomic mass is 10.1. The molecule has 2 N–H and O–H groups in total. The van der Waals surface area contributed by atoms with Gasteiger partial charge in [-0.1, -0.05) is 34.4 Å². The third kappa shape index (κ3) is 2.54. The van der Waals surface area contributed by atoms with Gasteiger partial charge in [-0.3, -0.25) is 0 Å². The molecule has 0 unspecified atom stereocenters. The van der Waals surface area contributed by atoms with E-state index in [-0.39, 0.29) is 12.4 Å². The molecule has 4 nitrogen and oxygen atoms in total. The summed E-state index contributed by atoms with van der Waals surface area (Å²) in [6.45, 7) is 0. The molecule has 19 heavy (non-hydrogen) atoms. The second kappa shape index (κ2) is 5.59. The van der Waals surface area contributed by atoms with E-state index in [0.717, 1.165) is 12.8 Å². The Morgan fingerprint density at radius 2 is 1.89 bits per heavy atom. The monoisotopic (exact) mass is 320 g/mol. The highest BCUT2D eigenvalue weighted by Crippen LogP contribution is 2.49. The molecule has 0 aliphatic heterocycles. The molecular weight excluding hydrogens is 311 g/mol. The van der Waals surface area contributed by atoms with Crippen molar-refractivity contribution in [2.45, 2.75) is 18.8 Å². The van der Waals surface area contributed by atoms with Gasteiger partial charge < -0.3 is 9.36 Å². The van der Waals surface area contributed by atoms with E-state index >= 15 is 0 Å². The Morgan fingerprint density at radius 1 is 1.26 bits per heavy atom. The quantitative estimate of drug-likeness (QED) is 0.861. The van der Waals surface area contributed by atoms with Gasteiger partial charge in [-0.05, 0) is 25.0 Å². The zero-order valence-corrected chi connectivity index (χ0v) is 12.1. The molecule has 0 spiro atoms. The van der Waals surface area contributed by atoms with Crippen LogP contribution in [0.3, 0.4) is 0 Å². The number of benzene rings is 1. The summed E-state index contributed by atoms with van der Waals surface area (Å²) >= 11 is 12.3. The highest BCUT2D eigenvalue weighted by Gasteiger charge is 2.34. The van der Waals surface area contributed by atoms with Crippen LogP contribution in [0.25, 0.3) is 11.3 Å². The largest absolute Gasteiger partial charge is 0.405 e. The number of nitrogens with zero attached hydrogens (tertiary/aromatic N) is 1. The van der Waals surface area contributed by atoms with Crippen molar-refractivity contribution in [3.63, 3.8) is 0 Å². The van der Waals surface area contributed by atoms with E-state index in [4.69, 9.17) is 38.5 Å². The van der Waals surface area contributed by atoms with Crippen LogP contribution in [0.5, 0.6) is 5.75 Å². The first-order valence-corrected chi connectivity index (χ1v) is 6.28. The second-order valence-electron chi connectivity index (χ2n) is 4.21. The van der Waals surface area contributed by atoms with Crippen molar-refractivity contribution in [1.82, 2.24) is 5.16 Å². The average molecular weight is 322 g/mol. The fraction of sp³-hybridized carbons (Fsp3) is 0.250. The van der Waals surface area contributed by atoms with E-state index in [1.165, 1.54) is 0 Å². The van der Waals surface area contributed by atoms with Crippen molar-refractivity contribution >= 4 is 35.6 Å². The lowest BCUT2D eigenvalue weighted by Gasteiger charge is -2.05. The summed E-state index contributed by atoms with van der Waals surface area (Å²) in [5.74, 6) is 6.75. The van der Waals surface area contributed by atoms with Gasteiger partial charge in [0.15, 0.2) is 11.5 Å². The first kappa shape index (κ1) is 14.5. The molecule has 102 valence electrons. The fourth-order valence-corrected chi connectivity index (χ4v) is 2.47. The van der Waals surface area contributed by atoms with Gasteiger partial charge in [0.2, 0.25) is 5.75 Å². The molecule has 0 atom stereocenters. The van der Waals surface area contributed by atoms with Crippen molar-refractivity contribution in [3.8, 4) is 17.0 Å². The van der Waals surface area contributed by atoms with Gasteiger partial charge in [-0.25, -0.2) is 0 Å². The number of rotatable bonds is 3. The highest BCUT2D eigenvalue weighted by molar-refractivity contribution is 6.39. The number of aromatic nitrogens is 1. The predicted octanol–water partition coefficient (Wildman–Crippen LogP) is 4.20. The summed E-state index contributed by atoms with van der Waals surface area (Å²) in [6.07, 6.45) is 2.11. The normalized spacial score (nSPS) is 14.1. The lowest BCUT2D eigenvalue weighted by Crippen LogP contribution is -2.04. The molecule has 1 aliphatic rings. The predicted molar refractivity (Wildman–Crippen MR) is 76.0 cm³/mol. The molecule has 1 aromatic heterocycles. The first-order chi connectivity index (χ1) is 8.72. The Hall–Kier alpha value is -0.940. The zero-order chi connectivity index (χ0) is 12.7. The number of hydrogen-bond donors (Lipinski definition) is 1. The summed E-state index contributed by atoms with van der Waals surface area (Å²) in [4.78, 5) is 4.91. The van der Waals surface area contributed by atoms with E-state index in [9.17, 15) is 0 Å². The van der Waals surface area contributed by atoms with Gasteiger partial charge >= 0.3 is 0 Å². The lowest BCUT2D eigenvalue weighted by molar-refractivity contribution is 0.315. The standard InChI is InChI=1S/C12H10Cl2N2O2.ClH/c13-7-2-1-3-8(14)9(7)10-12(17-15)11(18-16-10)6-4-5-6;/h1-3,6H,4-5,15H2;1H. The second-order valence-corrected chi connectivity index (χ2v) is 5.03. The van der Waals surface area contributed by atoms with Gasteiger partial charge in [0.25, 0.3) is 0 Å². The molecule has 0 bridgehead atoms. The van der Waals surface area contributed by atoms with Gasteiger partial charge in [0.05, 0.1) is 10.0 Å². The van der Waals surface area contributed by atoms with Crippen LogP contribution in [0, 0.1) is 0 Å². The fourth-order valence-electron chi connectivity index (χ4n) is 1.90. The van der Waals surface area contributed by atoms with Crippen LogP contribution in [-0.4, -0.2) is 5.16 Å². The minimum Gasteiger partial charge on any atom is -0.405 e. The maximum absolute atomic E-state index is 6.13. The van der Waals surface area contributed by atoms with E-state index in [1.807, 2.05) is 0 Å². The highest BCUT2D eigenvalue weighted by atomic mass is 35.5. The van der Waals surface area contributed by atoms with Crippen molar-refractivity contribution < 1.29 is 9.36 Å². The Morgan fingerprint density at radius 3 is 2.42 bits per heavy atom. The number of hydrogen-bond acceptors (Lipinski definition) is 4. The zero-order valence-electron chi connectivity index (χ0n) is 9.73. The van der Waals surface area contributed by atoms with Crippen LogP contribution in [0.2, 0.25) is 10.0 Å². The van der Waals surface area contributed by atoms with Crippen molar-refractivity contribution in [2.24, 2.45) is 5.90 Å². The van der Waals surface area contributed by atoms with Gasteiger partial charge in [0, 0.05) is 11.5 Å². The Kier molecular flexibility index (Phi) is 4.26. The van der Waals surface area contributed by atoms with E-state index in [2.05, 4.69) is 5.16 Å². The van der Waals surface area contributed by atoms with E-state index in [0.29, 0.717) is 38.7 Å². The van der Waals surface area contributed by atoms with Crippen LogP contribution in [0.15, 0.2) is 22.7 Å². The molecule has 0 amide bonds. The van der Waals surface area contributed by atoms with Crippen LogP contribution >= 0.6 is 35.6 Å². The maximum Gasteiger partial charge on any atom is 0.217 e. The molecule has 2 aromatic rings. The van der Waals surface area contributed by atoms with Crippen LogP contribution in [-0.2, 0) is 0 Å². The maximum atomic E-state index is 6.13. The summed E-state index contributed by atoms with van der Waals surface area (Å²) in [6, 6.07) is 5.22. The molecule has 0 saturated heterocycles. The smallest absolute Gasteiger partial charge is 0.217 e. The molecule has 1 aromatic carbocycles. The van der Waals surface area contributed by atoms with E-state index < -0.39 is 0 Å². The van der Waals surface area contributed by atoms with Crippen molar-refractivity contribution in [3.05, 3.63) is 34.0 Å². The molecule has 3 rings (SSSR count). The van der Waals surface area contributed by atoms with Crippen molar-refractivity contribution in [1.29, 1.82) is 0 Å². The van der Waals surface area contributed by atoms with Crippen molar-refractivity contribution in [2.75, 3.05) is 0 Å². The Labute approximate surface area is 126 Å². The molecular formula is C12H11Cl3N2O2. The van der Waals surface area contributed by atoms with Crippen LogP contribution in [0.1, 0.15) is 24.5 Å². The third-order valence-corrected chi connectivity index (χ3v) is 3.57. The van der Waals surface area contributed by atoms with Crippen LogP contribution < -0.4 is 10.7 Å². The SMILES string of the molecule is Cl.NOc1c(-c2c(Cl)cccc2Cl)noc1C1CC1. The van der Waals surface area contributed by atoms with Gasteiger partial charge in [-0.15, -0.1) is 12.4 Å². The summed E-state index contributed by atoms with van der Waals surface area (Å²) in [5.41, 5.74) is 1.03. The Bertz CT molecular complexity index is 576. The first-order valence-electron chi connectivity index (χ1n) is 5.53. The number of halogens is 3. The molecule has 1 heterocycles. The minimum absolute atomic E-state index is 0. The molecule has 1 fully saturated rings. The average Bonchev–Trinajstić information content (AvgIpc) is 3.10. The summed E-state index contributed by atoms with van der Waals surface area (Å²) < 4.78 is 5.30. The molecule has 7 heteroatoms. The van der Waals surface area contributed by atoms with Gasteiger partial charge in [-0.2, -0.15) is 5.90 Å². The Balaban J connectivity index is 0.00000133. The van der Waals surface area contributed by atoms with Crippen LogP contribution in [0.4, 0.5) is 0 Å².